The molecule has 1 aliphatic rings. The predicted octanol–water partition coefficient (Wildman–Crippen LogP) is 3.25. The van der Waals surface area contributed by atoms with Crippen molar-refractivity contribution in [2.24, 2.45) is 0 Å². The summed E-state index contributed by atoms with van der Waals surface area (Å²) >= 11 is 0. The Kier molecular flexibility index (Phi) is 5.20. The smallest absolute Gasteiger partial charge is 0.161 e. The third-order valence-electron chi connectivity index (χ3n) is 4.30. The van der Waals surface area contributed by atoms with Gasteiger partial charge in [0.05, 0.1) is 12.3 Å². The van der Waals surface area contributed by atoms with Crippen LogP contribution in [-0.4, -0.2) is 42.8 Å². The first-order valence-corrected chi connectivity index (χ1v) is 8.34. The molecule has 1 fully saturated rings. The van der Waals surface area contributed by atoms with Crippen LogP contribution in [0.2, 0.25) is 0 Å². The molecule has 1 N–H and O–H groups in total. The van der Waals surface area contributed by atoms with Gasteiger partial charge in [-0.1, -0.05) is 18.2 Å². The summed E-state index contributed by atoms with van der Waals surface area (Å²) in [6.07, 6.45) is 0. The van der Waals surface area contributed by atoms with Gasteiger partial charge in [-0.05, 0) is 36.8 Å². The molecule has 0 unspecified atom stereocenters. The lowest BCUT2D eigenvalue weighted by molar-refractivity contribution is 0.248. The van der Waals surface area contributed by atoms with Crippen LogP contribution in [0.4, 0.5) is 10.1 Å². The Morgan fingerprint density at radius 1 is 1.08 bits per heavy atom. The fourth-order valence-electron chi connectivity index (χ4n) is 3.04. The maximum atomic E-state index is 13.9. The first kappa shape index (κ1) is 16.6. The molecule has 0 atom stereocenters. The molecule has 0 amide bonds. The highest BCUT2D eigenvalue weighted by atomic mass is 19.1. The van der Waals surface area contributed by atoms with Gasteiger partial charge in [0, 0.05) is 32.7 Å². The molecule has 0 spiro atoms. The Morgan fingerprint density at radius 3 is 2.54 bits per heavy atom. The molecule has 5 heteroatoms. The molecular weight excluding hydrogens is 307 g/mol. The molecule has 3 rings (SSSR count). The van der Waals surface area contributed by atoms with E-state index in [-0.39, 0.29) is 11.6 Å². The highest BCUT2D eigenvalue weighted by Gasteiger charge is 2.19. The average Bonchev–Trinajstić information content (AvgIpc) is 2.59. The van der Waals surface area contributed by atoms with Gasteiger partial charge in [-0.2, -0.15) is 0 Å². The first-order valence-electron chi connectivity index (χ1n) is 8.34. The number of phenols is 1. The molecule has 2 aromatic carbocycles. The molecule has 0 saturated carbocycles. The lowest BCUT2D eigenvalue weighted by atomic mass is 10.1. The number of hydrogen-bond acceptors (Lipinski definition) is 4. The average molecular weight is 330 g/mol. The number of hydrogen-bond donors (Lipinski definition) is 1. The number of phenolic OH excluding ortho intramolecular Hbond substituents is 1. The summed E-state index contributed by atoms with van der Waals surface area (Å²) in [5.74, 6) is 0.538. The van der Waals surface area contributed by atoms with Crippen molar-refractivity contribution in [3.8, 4) is 11.5 Å². The molecule has 1 heterocycles. The second-order valence-corrected chi connectivity index (χ2v) is 5.95. The van der Waals surface area contributed by atoms with E-state index in [4.69, 9.17) is 4.74 Å². The van der Waals surface area contributed by atoms with Crippen LogP contribution in [0.1, 0.15) is 12.5 Å². The maximum absolute atomic E-state index is 13.9. The third kappa shape index (κ3) is 3.79. The Labute approximate surface area is 142 Å². The third-order valence-corrected chi connectivity index (χ3v) is 4.30. The van der Waals surface area contributed by atoms with Crippen LogP contribution in [0.15, 0.2) is 42.5 Å². The molecule has 0 aromatic heterocycles. The van der Waals surface area contributed by atoms with Crippen molar-refractivity contribution in [3.63, 3.8) is 0 Å². The fourth-order valence-corrected chi connectivity index (χ4v) is 3.04. The number of para-hydroxylation sites is 1. The molecule has 2 aromatic rings. The lowest BCUT2D eigenvalue weighted by Crippen LogP contribution is -2.46. The van der Waals surface area contributed by atoms with E-state index in [0.29, 0.717) is 18.0 Å². The quantitative estimate of drug-likeness (QED) is 0.913. The number of anilines is 1. The molecule has 24 heavy (non-hydrogen) atoms. The fraction of sp³-hybridized carbons (Fsp3) is 0.368. The van der Waals surface area contributed by atoms with E-state index in [1.807, 2.05) is 31.2 Å². The van der Waals surface area contributed by atoms with E-state index >= 15 is 0 Å². The molecule has 0 bridgehead atoms. The Morgan fingerprint density at radius 2 is 1.83 bits per heavy atom. The van der Waals surface area contributed by atoms with E-state index in [1.165, 1.54) is 6.07 Å². The zero-order valence-corrected chi connectivity index (χ0v) is 13.9. The van der Waals surface area contributed by atoms with Crippen molar-refractivity contribution >= 4 is 5.69 Å². The SMILES string of the molecule is CCOc1cc(CN2CCN(c3ccccc3F)CC2)ccc1O. The van der Waals surface area contributed by atoms with Gasteiger partial charge in [0.25, 0.3) is 0 Å². The first-order chi connectivity index (χ1) is 11.7. The summed E-state index contributed by atoms with van der Waals surface area (Å²) in [6.45, 7) is 6.57. The second-order valence-electron chi connectivity index (χ2n) is 5.95. The highest BCUT2D eigenvalue weighted by molar-refractivity contribution is 5.48. The van der Waals surface area contributed by atoms with Gasteiger partial charge < -0.3 is 14.7 Å². The van der Waals surface area contributed by atoms with Crippen molar-refractivity contribution in [2.45, 2.75) is 13.5 Å². The van der Waals surface area contributed by atoms with Crippen molar-refractivity contribution in [2.75, 3.05) is 37.7 Å². The van der Waals surface area contributed by atoms with E-state index in [9.17, 15) is 9.50 Å². The lowest BCUT2D eigenvalue weighted by Gasteiger charge is -2.36. The Balaban J connectivity index is 1.59. The van der Waals surface area contributed by atoms with Crippen LogP contribution < -0.4 is 9.64 Å². The van der Waals surface area contributed by atoms with Gasteiger partial charge in [-0.3, -0.25) is 4.90 Å². The van der Waals surface area contributed by atoms with Crippen molar-refractivity contribution < 1.29 is 14.2 Å². The monoisotopic (exact) mass is 330 g/mol. The number of halogens is 1. The van der Waals surface area contributed by atoms with Crippen LogP contribution in [0.5, 0.6) is 11.5 Å². The van der Waals surface area contributed by atoms with E-state index in [1.54, 1.807) is 12.1 Å². The summed E-state index contributed by atoms with van der Waals surface area (Å²) in [5, 5.41) is 9.78. The zero-order valence-electron chi connectivity index (χ0n) is 13.9. The van der Waals surface area contributed by atoms with Crippen LogP contribution >= 0.6 is 0 Å². The van der Waals surface area contributed by atoms with Crippen LogP contribution in [0.25, 0.3) is 0 Å². The van der Waals surface area contributed by atoms with Crippen LogP contribution in [0, 0.1) is 5.82 Å². The molecular formula is C19H23FN2O2. The molecule has 4 nitrogen and oxygen atoms in total. The topological polar surface area (TPSA) is 35.9 Å². The van der Waals surface area contributed by atoms with E-state index in [0.717, 1.165) is 38.3 Å². The number of rotatable bonds is 5. The minimum absolute atomic E-state index is 0.161. The minimum atomic E-state index is -0.161. The van der Waals surface area contributed by atoms with Crippen LogP contribution in [-0.2, 0) is 6.54 Å². The number of benzene rings is 2. The summed E-state index contributed by atoms with van der Waals surface area (Å²) in [4.78, 5) is 4.42. The van der Waals surface area contributed by atoms with Crippen LogP contribution in [0.3, 0.4) is 0 Å². The minimum Gasteiger partial charge on any atom is -0.504 e. The molecule has 1 saturated heterocycles. The molecule has 0 aliphatic carbocycles. The van der Waals surface area contributed by atoms with Crippen molar-refractivity contribution in [3.05, 3.63) is 53.8 Å². The molecule has 128 valence electrons. The summed E-state index contributed by atoms with van der Waals surface area (Å²) < 4.78 is 19.3. The summed E-state index contributed by atoms with van der Waals surface area (Å²) in [6, 6.07) is 12.4. The Bertz CT molecular complexity index is 685. The van der Waals surface area contributed by atoms with Gasteiger partial charge >= 0.3 is 0 Å². The molecule has 1 aliphatic heterocycles. The van der Waals surface area contributed by atoms with E-state index in [2.05, 4.69) is 9.80 Å². The highest BCUT2D eigenvalue weighted by Crippen LogP contribution is 2.28. The van der Waals surface area contributed by atoms with E-state index < -0.39 is 0 Å². The van der Waals surface area contributed by atoms with Gasteiger partial charge in [0.2, 0.25) is 0 Å². The number of piperazine rings is 1. The van der Waals surface area contributed by atoms with Gasteiger partial charge in [-0.25, -0.2) is 4.39 Å². The second kappa shape index (κ2) is 7.53. The maximum Gasteiger partial charge on any atom is 0.161 e. The summed E-state index contributed by atoms with van der Waals surface area (Å²) in [7, 11) is 0. The molecule has 0 radical (unpaired) electrons. The number of nitrogens with zero attached hydrogens (tertiary/aromatic N) is 2. The zero-order chi connectivity index (χ0) is 16.9. The standard InChI is InChI=1S/C19H23FN2O2/c1-2-24-19-13-15(7-8-18(19)23)14-21-9-11-22(12-10-21)17-6-4-3-5-16(17)20/h3-8,13,23H,2,9-12,14H2,1H3. The predicted molar refractivity (Wildman–Crippen MR) is 93.2 cm³/mol. The van der Waals surface area contributed by atoms with Crippen molar-refractivity contribution in [1.82, 2.24) is 4.90 Å². The number of ether oxygens (including phenoxy) is 1. The number of aromatic hydroxyl groups is 1. The van der Waals surface area contributed by atoms with Crippen molar-refractivity contribution in [1.29, 1.82) is 0 Å². The van der Waals surface area contributed by atoms with Gasteiger partial charge in [0.15, 0.2) is 11.5 Å². The van der Waals surface area contributed by atoms with Gasteiger partial charge in [-0.15, -0.1) is 0 Å². The normalized spacial score (nSPS) is 15.5. The largest absolute Gasteiger partial charge is 0.504 e. The Hall–Kier alpha value is -2.27. The van der Waals surface area contributed by atoms with Gasteiger partial charge in [0.1, 0.15) is 5.82 Å². The summed E-state index contributed by atoms with van der Waals surface area (Å²) in [5.41, 5.74) is 1.79.